The Hall–Kier alpha value is -1.02. The van der Waals surface area contributed by atoms with Gasteiger partial charge < -0.3 is 9.47 Å². The van der Waals surface area contributed by atoms with E-state index in [-0.39, 0.29) is 0 Å². The zero-order chi connectivity index (χ0) is 17.2. The minimum absolute atomic E-state index is 0.412. The minimum Gasteiger partial charge on any atom is -0.490 e. The first-order chi connectivity index (χ1) is 12.4. The Balaban J connectivity index is 1.30. The van der Waals surface area contributed by atoms with Crippen LogP contribution >= 0.6 is 0 Å². The van der Waals surface area contributed by atoms with Crippen molar-refractivity contribution in [1.29, 1.82) is 0 Å². The van der Waals surface area contributed by atoms with Crippen LogP contribution in [0.25, 0.3) is 0 Å². The van der Waals surface area contributed by atoms with Gasteiger partial charge in [0.2, 0.25) is 0 Å². The number of hydrogen-bond acceptors (Lipinski definition) is 2. The number of rotatable bonds is 7. The monoisotopic (exact) mass is 344 g/mol. The second-order valence-corrected chi connectivity index (χ2v) is 8.05. The first kappa shape index (κ1) is 18.8. The van der Waals surface area contributed by atoms with Gasteiger partial charge in [-0.15, -0.1) is 0 Å². The zero-order valence-electron chi connectivity index (χ0n) is 15.8. The van der Waals surface area contributed by atoms with E-state index in [1.807, 2.05) is 6.07 Å². The molecule has 0 aliphatic heterocycles. The maximum Gasteiger partial charge on any atom is 0.119 e. The van der Waals surface area contributed by atoms with Crippen molar-refractivity contribution in [3.8, 4) is 5.75 Å². The molecule has 0 heterocycles. The summed E-state index contributed by atoms with van der Waals surface area (Å²) in [5, 5.41) is 0. The number of para-hydroxylation sites is 1. The van der Waals surface area contributed by atoms with Gasteiger partial charge in [-0.05, 0) is 69.4 Å². The van der Waals surface area contributed by atoms with Gasteiger partial charge in [0.05, 0.1) is 12.2 Å². The quantitative estimate of drug-likeness (QED) is 0.413. The van der Waals surface area contributed by atoms with Gasteiger partial charge in [-0.3, -0.25) is 0 Å². The second kappa shape index (κ2) is 10.9. The van der Waals surface area contributed by atoms with E-state index in [1.54, 1.807) is 0 Å². The van der Waals surface area contributed by atoms with Crippen LogP contribution in [-0.4, -0.2) is 18.8 Å². The lowest BCUT2D eigenvalue weighted by Crippen LogP contribution is -2.15. The van der Waals surface area contributed by atoms with Crippen LogP contribution in [0.1, 0.15) is 83.5 Å². The largest absolute Gasteiger partial charge is 0.490 e. The van der Waals surface area contributed by atoms with Crippen LogP contribution in [0.15, 0.2) is 30.3 Å². The highest BCUT2D eigenvalue weighted by molar-refractivity contribution is 5.21. The van der Waals surface area contributed by atoms with Gasteiger partial charge in [-0.2, -0.15) is 0 Å². The summed E-state index contributed by atoms with van der Waals surface area (Å²) < 4.78 is 12.3. The summed E-state index contributed by atoms with van der Waals surface area (Å²) in [6.45, 7) is 0.977. The van der Waals surface area contributed by atoms with Crippen molar-refractivity contribution in [3.05, 3.63) is 30.3 Å². The van der Waals surface area contributed by atoms with Crippen LogP contribution in [0.5, 0.6) is 5.75 Å². The van der Waals surface area contributed by atoms with Crippen LogP contribution < -0.4 is 4.74 Å². The maximum absolute atomic E-state index is 6.18. The molecule has 2 nitrogen and oxygen atoms in total. The normalized spacial score (nSPS) is 25.9. The number of benzene rings is 1. The minimum atomic E-state index is 0.412. The standard InChI is InChI=1S/C23H36O2/c1-2-5-13-21(12-4-1)24-19-9-11-20-10-8-16-23(18-17-20)25-22-14-6-3-7-15-22/h3,6-7,14-15,20-21,23H,1-2,4-5,8-13,16-19H2. The van der Waals surface area contributed by atoms with Crippen LogP contribution in [0, 0.1) is 5.92 Å². The van der Waals surface area contributed by atoms with Crippen LogP contribution in [0.4, 0.5) is 0 Å². The fourth-order valence-corrected chi connectivity index (χ4v) is 4.47. The molecule has 2 atom stereocenters. The topological polar surface area (TPSA) is 18.5 Å². The highest BCUT2D eigenvalue weighted by atomic mass is 16.5. The Labute approximate surface area is 154 Å². The molecule has 0 radical (unpaired) electrons. The molecule has 0 aromatic heterocycles. The molecule has 2 fully saturated rings. The van der Waals surface area contributed by atoms with Gasteiger partial charge in [0.15, 0.2) is 0 Å². The molecule has 25 heavy (non-hydrogen) atoms. The lowest BCUT2D eigenvalue weighted by molar-refractivity contribution is 0.0389. The molecule has 3 rings (SSSR count). The molecule has 0 saturated heterocycles. The van der Waals surface area contributed by atoms with Crippen molar-refractivity contribution < 1.29 is 9.47 Å². The summed E-state index contributed by atoms with van der Waals surface area (Å²) in [4.78, 5) is 0. The van der Waals surface area contributed by atoms with E-state index in [0.29, 0.717) is 12.2 Å². The zero-order valence-corrected chi connectivity index (χ0v) is 15.8. The molecule has 2 heteroatoms. The molecular formula is C23H36O2. The summed E-state index contributed by atoms with van der Waals surface area (Å²) in [6, 6.07) is 10.3. The first-order valence-corrected chi connectivity index (χ1v) is 10.7. The molecule has 2 unspecified atom stereocenters. The summed E-state index contributed by atoms with van der Waals surface area (Å²) in [6.07, 6.45) is 18.1. The molecule has 2 saturated carbocycles. The molecular weight excluding hydrogens is 308 g/mol. The Morgan fingerprint density at radius 2 is 1.48 bits per heavy atom. The fourth-order valence-electron chi connectivity index (χ4n) is 4.47. The summed E-state index contributed by atoms with van der Waals surface area (Å²) >= 11 is 0. The SMILES string of the molecule is c1ccc(OC2CCCC(CCCOC3CCCCCC3)CC2)cc1. The van der Waals surface area contributed by atoms with Crippen molar-refractivity contribution >= 4 is 0 Å². The van der Waals surface area contributed by atoms with Crippen LogP contribution in [-0.2, 0) is 4.74 Å². The lowest BCUT2D eigenvalue weighted by atomic mass is 9.95. The number of hydrogen-bond donors (Lipinski definition) is 0. The van der Waals surface area contributed by atoms with Gasteiger partial charge in [0.1, 0.15) is 5.75 Å². The smallest absolute Gasteiger partial charge is 0.119 e. The van der Waals surface area contributed by atoms with Crippen LogP contribution in [0.2, 0.25) is 0 Å². The van der Waals surface area contributed by atoms with Gasteiger partial charge in [-0.25, -0.2) is 0 Å². The van der Waals surface area contributed by atoms with E-state index < -0.39 is 0 Å². The molecule has 1 aromatic rings. The van der Waals surface area contributed by atoms with Crippen molar-refractivity contribution in [2.45, 2.75) is 95.7 Å². The highest BCUT2D eigenvalue weighted by Crippen LogP contribution is 2.29. The van der Waals surface area contributed by atoms with E-state index in [1.165, 1.54) is 83.5 Å². The molecule has 140 valence electrons. The third-order valence-corrected chi connectivity index (χ3v) is 5.99. The average molecular weight is 345 g/mol. The van der Waals surface area contributed by atoms with E-state index in [2.05, 4.69) is 24.3 Å². The van der Waals surface area contributed by atoms with Crippen LogP contribution in [0.3, 0.4) is 0 Å². The lowest BCUT2D eigenvalue weighted by Gasteiger charge is -2.18. The first-order valence-electron chi connectivity index (χ1n) is 10.7. The van der Waals surface area contributed by atoms with E-state index in [0.717, 1.165) is 18.3 Å². The summed E-state index contributed by atoms with van der Waals surface area (Å²) in [7, 11) is 0. The third-order valence-electron chi connectivity index (χ3n) is 5.99. The Kier molecular flexibility index (Phi) is 8.15. The molecule has 0 bridgehead atoms. The van der Waals surface area contributed by atoms with Gasteiger partial charge >= 0.3 is 0 Å². The molecule has 1 aromatic carbocycles. The summed E-state index contributed by atoms with van der Waals surface area (Å²) in [5.74, 6) is 1.91. The summed E-state index contributed by atoms with van der Waals surface area (Å²) in [5.41, 5.74) is 0. The highest BCUT2D eigenvalue weighted by Gasteiger charge is 2.20. The van der Waals surface area contributed by atoms with Gasteiger partial charge in [-0.1, -0.05) is 50.3 Å². The molecule has 0 amide bonds. The Morgan fingerprint density at radius 3 is 2.28 bits per heavy atom. The second-order valence-electron chi connectivity index (χ2n) is 8.05. The van der Waals surface area contributed by atoms with Gasteiger partial charge in [0, 0.05) is 6.61 Å². The van der Waals surface area contributed by atoms with Crippen molar-refractivity contribution in [1.82, 2.24) is 0 Å². The van der Waals surface area contributed by atoms with E-state index >= 15 is 0 Å². The molecule has 0 N–H and O–H groups in total. The van der Waals surface area contributed by atoms with E-state index in [9.17, 15) is 0 Å². The Bertz CT molecular complexity index is 450. The number of ether oxygens (including phenoxy) is 2. The Morgan fingerprint density at radius 1 is 0.720 bits per heavy atom. The predicted molar refractivity (Wildman–Crippen MR) is 104 cm³/mol. The van der Waals surface area contributed by atoms with Crippen molar-refractivity contribution in [2.24, 2.45) is 5.92 Å². The molecule has 2 aliphatic rings. The molecule has 2 aliphatic carbocycles. The van der Waals surface area contributed by atoms with Crippen molar-refractivity contribution in [3.63, 3.8) is 0 Å². The predicted octanol–water partition coefficient (Wildman–Crippen LogP) is 6.53. The van der Waals surface area contributed by atoms with E-state index in [4.69, 9.17) is 9.47 Å². The average Bonchev–Trinajstić information content (AvgIpc) is 3.03. The fraction of sp³-hybridized carbons (Fsp3) is 0.739. The molecule has 0 spiro atoms. The maximum atomic E-state index is 6.18. The van der Waals surface area contributed by atoms with Gasteiger partial charge in [0.25, 0.3) is 0 Å². The third kappa shape index (κ3) is 7.01. The van der Waals surface area contributed by atoms with Crippen molar-refractivity contribution in [2.75, 3.05) is 6.61 Å².